The van der Waals surface area contributed by atoms with Crippen LogP contribution in [-0.2, 0) is 11.0 Å². The molecular formula is C31H32F3N7O3. The molecule has 0 radical (unpaired) electrons. The molecular weight excluding hydrogens is 575 g/mol. The summed E-state index contributed by atoms with van der Waals surface area (Å²) in [6.45, 7) is 3.11. The van der Waals surface area contributed by atoms with Gasteiger partial charge in [-0.3, -0.25) is 14.0 Å². The lowest BCUT2D eigenvalue weighted by atomic mass is 9.96. The molecule has 1 aromatic carbocycles. The standard InChI is InChI=1S/C31H32F3N7O3/c1-2-25(42)40-13-4-5-19(17-40)29-39-26(27-28(35)37-12-14-41(27)29)22-9-8-18(15-23(22)44-21-6-3-7-21)30(43)38-24-16-20(10-11-36-24)31(32,33)34/h8-12,14-16,19,21H,2-7,13,17H2,1H3,(H2,35,37)(H,36,38,43). The second-order valence-electron chi connectivity index (χ2n) is 11.1. The van der Waals surface area contributed by atoms with Crippen LogP contribution in [0.1, 0.15) is 73.1 Å². The van der Waals surface area contributed by atoms with Gasteiger partial charge >= 0.3 is 6.18 Å². The highest BCUT2D eigenvalue weighted by atomic mass is 19.4. The van der Waals surface area contributed by atoms with Crippen LogP contribution in [0.25, 0.3) is 16.8 Å². The molecule has 4 aromatic rings. The van der Waals surface area contributed by atoms with Crippen LogP contribution in [0.3, 0.4) is 0 Å². The van der Waals surface area contributed by atoms with Crippen LogP contribution in [0.4, 0.5) is 24.8 Å². The number of nitrogens with zero attached hydrogens (tertiary/aromatic N) is 5. The normalized spacial score (nSPS) is 17.4. The highest BCUT2D eigenvalue weighted by Gasteiger charge is 2.32. The molecule has 0 spiro atoms. The van der Waals surface area contributed by atoms with Crippen LogP contribution in [0.5, 0.6) is 5.75 Å². The van der Waals surface area contributed by atoms with Gasteiger partial charge in [-0.15, -0.1) is 0 Å². The number of nitrogen functional groups attached to an aromatic ring is 1. The zero-order valence-electron chi connectivity index (χ0n) is 24.1. The molecule has 2 amide bonds. The summed E-state index contributed by atoms with van der Waals surface area (Å²) >= 11 is 0. The first-order valence-electron chi connectivity index (χ1n) is 14.7. The van der Waals surface area contributed by atoms with Crippen LogP contribution < -0.4 is 15.8 Å². The number of anilines is 2. The minimum absolute atomic E-state index is 0.0247. The molecule has 4 heterocycles. The summed E-state index contributed by atoms with van der Waals surface area (Å²) in [6.07, 6.45) is 4.64. The monoisotopic (exact) mass is 607 g/mol. The summed E-state index contributed by atoms with van der Waals surface area (Å²) in [5, 5.41) is 2.45. The first-order valence-corrected chi connectivity index (χ1v) is 14.7. The maximum atomic E-state index is 13.2. The number of fused-ring (bicyclic) bond motifs is 1. The van der Waals surface area contributed by atoms with Gasteiger partial charge in [0.05, 0.1) is 11.7 Å². The van der Waals surface area contributed by atoms with Crippen LogP contribution >= 0.6 is 0 Å². The number of halogens is 3. The van der Waals surface area contributed by atoms with E-state index in [4.69, 9.17) is 15.5 Å². The number of hydrogen-bond donors (Lipinski definition) is 2. The van der Waals surface area contributed by atoms with Crippen molar-refractivity contribution in [2.45, 2.75) is 63.6 Å². The van der Waals surface area contributed by atoms with Crippen LogP contribution in [0.15, 0.2) is 48.9 Å². The largest absolute Gasteiger partial charge is 0.490 e. The molecule has 1 aliphatic heterocycles. The van der Waals surface area contributed by atoms with Crippen molar-refractivity contribution in [2.24, 2.45) is 0 Å². The fourth-order valence-corrected chi connectivity index (χ4v) is 5.69. The predicted octanol–water partition coefficient (Wildman–Crippen LogP) is 5.69. The molecule has 13 heteroatoms. The van der Waals surface area contributed by atoms with Crippen molar-refractivity contribution in [3.8, 4) is 17.0 Å². The van der Waals surface area contributed by atoms with Crippen molar-refractivity contribution in [1.29, 1.82) is 0 Å². The second-order valence-corrected chi connectivity index (χ2v) is 11.1. The van der Waals surface area contributed by atoms with Crippen molar-refractivity contribution in [2.75, 3.05) is 24.1 Å². The van der Waals surface area contributed by atoms with E-state index in [2.05, 4.69) is 15.3 Å². The topological polar surface area (TPSA) is 128 Å². The van der Waals surface area contributed by atoms with E-state index in [1.165, 1.54) is 0 Å². The van der Waals surface area contributed by atoms with Crippen molar-refractivity contribution in [3.63, 3.8) is 0 Å². The Kier molecular flexibility index (Phi) is 7.87. The number of hydrogen-bond acceptors (Lipinski definition) is 7. The number of aromatic nitrogens is 4. The average molecular weight is 608 g/mol. The zero-order chi connectivity index (χ0) is 31.0. The number of imidazole rings is 1. The number of carbonyl (C=O) groups is 2. The molecule has 1 unspecified atom stereocenters. The highest BCUT2D eigenvalue weighted by Crippen LogP contribution is 2.40. The molecule has 6 rings (SSSR count). The lowest BCUT2D eigenvalue weighted by molar-refractivity contribution is -0.137. The molecule has 10 nitrogen and oxygen atoms in total. The van der Waals surface area contributed by atoms with Crippen molar-refractivity contribution in [3.05, 3.63) is 65.9 Å². The SMILES string of the molecule is CCC(=O)N1CCCC(c2nc(-c3ccc(C(=O)Nc4cc(C(F)(F)F)ccn4)cc3OC3CCC3)c3c(N)nccn23)C1. The number of ether oxygens (including phenoxy) is 1. The maximum absolute atomic E-state index is 13.2. The molecule has 0 bridgehead atoms. The Morgan fingerprint density at radius 1 is 1.09 bits per heavy atom. The minimum atomic E-state index is -4.57. The Morgan fingerprint density at radius 3 is 2.64 bits per heavy atom. The fourth-order valence-electron chi connectivity index (χ4n) is 5.69. The number of pyridine rings is 1. The third kappa shape index (κ3) is 5.78. The summed E-state index contributed by atoms with van der Waals surface area (Å²) in [7, 11) is 0. The Hall–Kier alpha value is -4.68. The average Bonchev–Trinajstić information content (AvgIpc) is 3.39. The summed E-state index contributed by atoms with van der Waals surface area (Å²) < 4.78 is 47.8. The van der Waals surface area contributed by atoms with Gasteiger partial charge in [-0.25, -0.2) is 15.0 Å². The molecule has 1 saturated heterocycles. The van der Waals surface area contributed by atoms with E-state index in [9.17, 15) is 22.8 Å². The Morgan fingerprint density at radius 2 is 1.91 bits per heavy atom. The Balaban J connectivity index is 1.38. The van der Waals surface area contributed by atoms with Gasteiger partial charge in [-0.2, -0.15) is 13.2 Å². The van der Waals surface area contributed by atoms with Gasteiger partial charge in [0, 0.05) is 55.1 Å². The van der Waals surface area contributed by atoms with Gasteiger partial charge in [0.1, 0.15) is 34.4 Å². The minimum Gasteiger partial charge on any atom is -0.490 e. The number of nitrogens with two attached hydrogens (primary N) is 1. The van der Waals surface area contributed by atoms with Crippen molar-refractivity contribution >= 4 is 29.0 Å². The number of piperidine rings is 1. The van der Waals surface area contributed by atoms with Crippen LogP contribution in [0.2, 0.25) is 0 Å². The second kappa shape index (κ2) is 11.8. The van der Waals surface area contributed by atoms with Gasteiger partial charge in [-0.1, -0.05) is 6.92 Å². The molecule has 1 atom stereocenters. The van der Waals surface area contributed by atoms with Crippen LogP contribution in [0, 0.1) is 0 Å². The van der Waals surface area contributed by atoms with E-state index in [1.54, 1.807) is 30.6 Å². The van der Waals surface area contributed by atoms with Crippen molar-refractivity contribution < 1.29 is 27.5 Å². The third-order valence-corrected chi connectivity index (χ3v) is 8.23. The molecule has 44 heavy (non-hydrogen) atoms. The first kappa shape index (κ1) is 29.4. The third-order valence-electron chi connectivity index (χ3n) is 8.23. The van der Waals surface area contributed by atoms with Gasteiger partial charge < -0.3 is 20.7 Å². The van der Waals surface area contributed by atoms with E-state index in [1.807, 2.05) is 16.2 Å². The number of carbonyl (C=O) groups excluding carboxylic acids is 2. The summed E-state index contributed by atoms with van der Waals surface area (Å²) in [5.41, 5.74) is 7.39. The van der Waals surface area contributed by atoms with Gasteiger partial charge in [0.25, 0.3) is 5.91 Å². The first-order chi connectivity index (χ1) is 21.1. The molecule has 2 aliphatic rings. The summed E-state index contributed by atoms with van der Waals surface area (Å²) in [5.74, 6) is 0.643. The molecule has 230 valence electrons. The van der Waals surface area contributed by atoms with E-state index >= 15 is 0 Å². The fraction of sp³-hybridized carbons (Fsp3) is 0.387. The predicted molar refractivity (Wildman–Crippen MR) is 157 cm³/mol. The molecule has 3 aromatic heterocycles. The zero-order valence-corrected chi connectivity index (χ0v) is 24.1. The summed E-state index contributed by atoms with van der Waals surface area (Å²) in [6, 6.07) is 6.45. The van der Waals surface area contributed by atoms with Crippen molar-refractivity contribution in [1.82, 2.24) is 24.3 Å². The molecule has 1 saturated carbocycles. The van der Waals surface area contributed by atoms with E-state index in [0.717, 1.165) is 56.3 Å². The quantitative estimate of drug-likeness (QED) is 0.276. The molecule has 3 N–H and O–H groups in total. The van der Waals surface area contributed by atoms with Crippen LogP contribution in [-0.4, -0.2) is 55.3 Å². The van der Waals surface area contributed by atoms with E-state index < -0.39 is 17.6 Å². The number of alkyl halides is 3. The maximum Gasteiger partial charge on any atom is 0.416 e. The lowest BCUT2D eigenvalue weighted by Crippen LogP contribution is -2.39. The Labute approximate surface area is 251 Å². The molecule has 2 fully saturated rings. The van der Waals surface area contributed by atoms with Gasteiger partial charge in [-0.05, 0) is 62.4 Å². The number of amides is 2. The number of rotatable bonds is 7. The van der Waals surface area contributed by atoms with E-state index in [0.29, 0.717) is 42.0 Å². The lowest BCUT2D eigenvalue weighted by Gasteiger charge is -2.32. The van der Waals surface area contributed by atoms with Gasteiger partial charge in [0.2, 0.25) is 5.91 Å². The Bertz CT molecular complexity index is 1720. The van der Waals surface area contributed by atoms with Gasteiger partial charge in [0.15, 0.2) is 0 Å². The molecule has 1 aliphatic carbocycles. The number of nitrogens with one attached hydrogen (secondary N) is 1. The highest BCUT2D eigenvalue weighted by molar-refractivity contribution is 6.04. The smallest absolute Gasteiger partial charge is 0.416 e. The number of benzene rings is 1. The number of likely N-dealkylation sites (tertiary alicyclic amines) is 1. The van der Waals surface area contributed by atoms with E-state index in [-0.39, 0.29) is 35.1 Å². The summed E-state index contributed by atoms with van der Waals surface area (Å²) in [4.78, 5) is 40.8.